The van der Waals surface area contributed by atoms with E-state index in [4.69, 9.17) is 5.26 Å². The Balaban J connectivity index is 3.42. The van der Waals surface area contributed by atoms with Crippen molar-refractivity contribution in [2.75, 3.05) is 7.11 Å². The summed E-state index contributed by atoms with van der Waals surface area (Å²) in [6, 6.07) is 1.30. The summed E-state index contributed by atoms with van der Waals surface area (Å²) in [6.07, 6.45) is -2.60. The maximum absolute atomic E-state index is 13.3. The van der Waals surface area contributed by atoms with E-state index in [9.17, 15) is 18.0 Å². The number of halogens is 3. The molecule has 1 aromatic rings. The third kappa shape index (κ3) is 1.95. The molecule has 0 radical (unpaired) electrons. The number of carbonyl (C=O) groups excluding carboxylic acids is 1. The first-order chi connectivity index (χ1) is 7.52. The van der Waals surface area contributed by atoms with Crippen molar-refractivity contribution in [3.8, 4) is 6.07 Å². The van der Waals surface area contributed by atoms with Gasteiger partial charge in [0.25, 0.3) is 6.43 Å². The zero-order valence-electron chi connectivity index (χ0n) is 8.00. The van der Waals surface area contributed by atoms with Crippen LogP contribution in [0.25, 0.3) is 0 Å². The van der Waals surface area contributed by atoms with Crippen molar-refractivity contribution in [3.63, 3.8) is 0 Å². The number of methoxy groups -OCH3 is 1. The number of esters is 1. The monoisotopic (exact) mass is 230 g/mol. The highest BCUT2D eigenvalue weighted by Crippen LogP contribution is 2.24. The molecule has 0 aliphatic carbocycles. The van der Waals surface area contributed by atoms with Crippen molar-refractivity contribution in [3.05, 3.63) is 28.8 Å². The third-order valence-electron chi connectivity index (χ3n) is 1.77. The van der Waals surface area contributed by atoms with Crippen LogP contribution in [0.2, 0.25) is 0 Å². The summed E-state index contributed by atoms with van der Waals surface area (Å²) in [6.45, 7) is 0. The summed E-state index contributed by atoms with van der Waals surface area (Å²) in [5, 5.41) is 8.57. The number of ether oxygens (including phenoxy) is 1. The van der Waals surface area contributed by atoms with Crippen LogP contribution in [0, 0.1) is 17.1 Å². The number of nitrogens with zero attached hydrogens (tertiary/aromatic N) is 2. The van der Waals surface area contributed by atoms with Crippen LogP contribution in [0.5, 0.6) is 0 Å². The summed E-state index contributed by atoms with van der Waals surface area (Å²) in [5.74, 6) is -2.51. The first kappa shape index (κ1) is 12.0. The molecule has 0 saturated heterocycles. The Hall–Kier alpha value is -2.10. The van der Waals surface area contributed by atoms with Gasteiger partial charge >= 0.3 is 5.97 Å². The number of rotatable bonds is 2. The van der Waals surface area contributed by atoms with Gasteiger partial charge in [-0.2, -0.15) is 5.26 Å². The largest absolute Gasteiger partial charge is 0.464 e. The average Bonchev–Trinajstić information content (AvgIpc) is 2.26. The molecule has 84 valence electrons. The molecule has 0 spiro atoms. The molecule has 0 N–H and O–H groups in total. The highest BCUT2D eigenvalue weighted by Gasteiger charge is 2.24. The van der Waals surface area contributed by atoms with Gasteiger partial charge in [-0.3, -0.25) is 0 Å². The van der Waals surface area contributed by atoms with Gasteiger partial charge in [-0.05, 0) is 0 Å². The molecule has 0 unspecified atom stereocenters. The maximum Gasteiger partial charge on any atom is 0.358 e. The molecule has 16 heavy (non-hydrogen) atoms. The fraction of sp³-hybridized carbons (Fsp3) is 0.222. The molecule has 0 amide bonds. The minimum Gasteiger partial charge on any atom is -0.464 e. The van der Waals surface area contributed by atoms with Crippen LogP contribution in [-0.4, -0.2) is 18.1 Å². The molecule has 0 aliphatic rings. The topological polar surface area (TPSA) is 63.0 Å². The average molecular weight is 230 g/mol. The Labute approximate surface area is 88.3 Å². The second-order valence-electron chi connectivity index (χ2n) is 2.66. The number of pyridine rings is 1. The van der Waals surface area contributed by atoms with Gasteiger partial charge in [-0.25, -0.2) is 22.9 Å². The molecule has 1 rings (SSSR count). The van der Waals surface area contributed by atoms with Gasteiger partial charge in [0.15, 0.2) is 11.5 Å². The highest BCUT2D eigenvalue weighted by atomic mass is 19.3. The minimum atomic E-state index is -3.11. The molecular formula is C9H5F3N2O2. The molecule has 0 fully saturated rings. The highest BCUT2D eigenvalue weighted by molar-refractivity contribution is 5.90. The van der Waals surface area contributed by atoms with Crippen molar-refractivity contribution in [2.45, 2.75) is 6.43 Å². The molecule has 7 heteroatoms. The van der Waals surface area contributed by atoms with E-state index < -0.39 is 35.0 Å². The first-order valence-corrected chi connectivity index (χ1v) is 3.97. The summed E-state index contributed by atoms with van der Waals surface area (Å²) in [7, 11) is 1.00. The predicted molar refractivity (Wildman–Crippen MR) is 45.2 cm³/mol. The Kier molecular flexibility index (Phi) is 3.45. The number of nitriles is 1. The molecule has 1 heterocycles. The van der Waals surface area contributed by atoms with Gasteiger partial charge in [-0.1, -0.05) is 0 Å². The van der Waals surface area contributed by atoms with Gasteiger partial charge in [0.1, 0.15) is 11.6 Å². The molecule has 0 aromatic carbocycles. The van der Waals surface area contributed by atoms with Crippen LogP contribution in [0.15, 0.2) is 6.20 Å². The second kappa shape index (κ2) is 4.61. The lowest BCUT2D eigenvalue weighted by atomic mass is 10.1. The number of carbonyl (C=O) groups is 1. The van der Waals surface area contributed by atoms with E-state index >= 15 is 0 Å². The van der Waals surface area contributed by atoms with Crippen molar-refractivity contribution in [1.29, 1.82) is 5.26 Å². The Morgan fingerprint density at radius 2 is 2.25 bits per heavy atom. The van der Waals surface area contributed by atoms with Crippen LogP contribution >= 0.6 is 0 Å². The van der Waals surface area contributed by atoms with Gasteiger partial charge in [-0.15, -0.1) is 0 Å². The maximum atomic E-state index is 13.3. The van der Waals surface area contributed by atoms with Gasteiger partial charge in [0.05, 0.1) is 12.7 Å². The van der Waals surface area contributed by atoms with E-state index in [1.54, 1.807) is 0 Å². The van der Waals surface area contributed by atoms with Crippen LogP contribution in [0.4, 0.5) is 13.2 Å². The molecule has 0 bridgehead atoms. The third-order valence-corrected chi connectivity index (χ3v) is 1.77. The van der Waals surface area contributed by atoms with Crippen molar-refractivity contribution in [1.82, 2.24) is 4.98 Å². The van der Waals surface area contributed by atoms with Crippen molar-refractivity contribution < 1.29 is 22.7 Å². The summed E-state index contributed by atoms with van der Waals surface area (Å²) < 4.78 is 42.1. The smallest absolute Gasteiger partial charge is 0.358 e. The number of hydrogen-bond donors (Lipinski definition) is 0. The second-order valence-corrected chi connectivity index (χ2v) is 2.66. The molecule has 4 nitrogen and oxygen atoms in total. The van der Waals surface area contributed by atoms with Crippen LogP contribution in [0.1, 0.15) is 28.0 Å². The normalized spacial score (nSPS) is 10.0. The van der Waals surface area contributed by atoms with E-state index in [1.807, 2.05) is 0 Å². The van der Waals surface area contributed by atoms with E-state index in [-0.39, 0.29) is 0 Å². The lowest BCUT2D eigenvalue weighted by molar-refractivity contribution is 0.0592. The number of hydrogen-bond acceptors (Lipinski definition) is 4. The fourth-order valence-electron chi connectivity index (χ4n) is 1.01. The van der Waals surface area contributed by atoms with Gasteiger partial charge < -0.3 is 4.74 Å². The fourth-order valence-corrected chi connectivity index (χ4v) is 1.01. The molecule has 0 aliphatic heterocycles. The SMILES string of the molecule is COC(=O)c1ncc(C(F)F)c(F)c1C#N. The predicted octanol–water partition coefficient (Wildman–Crippen LogP) is 1.82. The molecular weight excluding hydrogens is 225 g/mol. The van der Waals surface area contributed by atoms with Crippen LogP contribution in [-0.2, 0) is 4.74 Å². The Bertz CT molecular complexity index is 469. The minimum absolute atomic E-state index is 0.507. The summed E-state index contributed by atoms with van der Waals surface area (Å²) in [4.78, 5) is 14.3. The lowest BCUT2D eigenvalue weighted by Gasteiger charge is -2.05. The van der Waals surface area contributed by atoms with Gasteiger partial charge in [0.2, 0.25) is 0 Å². The quantitative estimate of drug-likeness (QED) is 0.727. The molecule has 1 aromatic heterocycles. The van der Waals surface area contributed by atoms with Gasteiger partial charge in [0, 0.05) is 6.20 Å². The standard InChI is InChI=1S/C9H5F3N2O2/c1-16-9(15)7-4(2-13)6(10)5(3-14-7)8(11)12/h3,8H,1H3. The van der Waals surface area contributed by atoms with Crippen LogP contribution < -0.4 is 0 Å². The van der Waals surface area contributed by atoms with Crippen molar-refractivity contribution in [2.24, 2.45) is 0 Å². The summed E-state index contributed by atoms with van der Waals surface area (Å²) >= 11 is 0. The van der Waals surface area contributed by atoms with Crippen molar-refractivity contribution >= 4 is 5.97 Å². The van der Waals surface area contributed by atoms with E-state index in [0.29, 0.717) is 6.20 Å². The number of alkyl halides is 2. The molecule has 0 saturated carbocycles. The van der Waals surface area contributed by atoms with E-state index in [1.165, 1.54) is 6.07 Å². The molecule has 0 atom stereocenters. The van der Waals surface area contributed by atoms with E-state index in [0.717, 1.165) is 7.11 Å². The summed E-state index contributed by atoms with van der Waals surface area (Å²) in [5.41, 5.74) is -2.49. The zero-order valence-corrected chi connectivity index (χ0v) is 8.00. The Morgan fingerprint density at radius 1 is 1.62 bits per heavy atom. The number of aromatic nitrogens is 1. The zero-order chi connectivity index (χ0) is 12.3. The van der Waals surface area contributed by atoms with E-state index in [2.05, 4.69) is 9.72 Å². The Morgan fingerprint density at radius 3 is 2.69 bits per heavy atom. The lowest BCUT2D eigenvalue weighted by Crippen LogP contribution is -2.10. The van der Waals surface area contributed by atoms with Crippen LogP contribution in [0.3, 0.4) is 0 Å². The first-order valence-electron chi connectivity index (χ1n) is 3.97.